The summed E-state index contributed by atoms with van der Waals surface area (Å²) in [4.78, 5) is 39.8. The number of hydrogen-bond donors (Lipinski definition) is 2. The van der Waals surface area contributed by atoms with Crippen molar-refractivity contribution in [2.24, 2.45) is 0 Å². The molecule has 0 unspecified atom stereocenters. The first-order valence-electron chi connectivity index (χ1n) is 7.03. The predicted molar refractivity (Wildman–Crippen MR) is 85.1 cm³/mol. The number of ether oxygens (including phenoxy) is 1. The van der Waals surface area contributed by atoms with Crippen LogP contribution in [0.3, 0.4) is 0 Å². The molecule has 0 bridgehead atoms. The molecule has 2 rings (SSSR count). The lowest BCUT2D eigenvalue weighted by Crippen LogP contribution is -2.17. The lowest BCUT2D eigenvalue weighted by molar-refractivity contribution is -0.113. The summed E-state index contributed by atoms with van der Waals surface area (Å²) in [5.41, 5.74) is 0.0338. The van der Waals surface area contributed by atoms with Crippen LogP contribution in [0.2, 0.25) is 0 Å². The second-order valence-electron chi connectivity index (χ2n) is 4.64. The van der Waals surface area contributed by atoms with Crippen molar-refractivity contribution in [3.8, 4) is 0 Å². The highest BCUT2D eigenvalue weighted by molar-refractivity contribution is 7.99. The Morgan fingerprint density at radius 3 is 2.71 bits per heavy atom. The van der Waals surface area contributed by atoms with Crippen LogP contribution in [0.15, 0.2) is 15.9 Å². The van der Waals surface area contributed by atoms with Crippen LogP contribution >= 0.6 is 11.8 Å². The molecule has 1 amide bonds. The first-order chi connectivity index (χ1) is 11.4. The van der Waals surface area contributed by atoms with Gasteiger partial charge in [-0.25, -0.2) is 9.78 Å². The van der Waals surface area contributed by atoms with Crippen molar-refractivity contribution in [1.82, 2.24) is 15.2 Å². The van der Waals surface area contributed by atoms with Gasteiger partial charge in [0, 0.05) is 0 Å². The summed E-state index contributed by atoms with van der Waals surface area (Å²) in [6.07, 6.45) is 1.33. The molecule has 0 saturated heterocycles. The van der Waals surface area contributed by atoms with Gasteiger partial charge in [0.2, 0.25) is 11.8 Å². The molecule has 9 nitrogen and oxygen atoms in total. The van der Waals surface area contributed by atoms with Crippen molar-refractivity contribution in [3.63, 3.8) is 0 Å². The number of amides is 1. The molecule has 0 aliphatic heterocycles. The topological polar surface area (TPSA) is 127 Å². The van der Waals surface area contributed by atoms with Gasteiger partial charge in [0.05, 0.1) is 17.9 Å². The minimum absolute atomic E-state index is 0.0204. The Hall–Kier alpha value is -2.62. The molecule has 0 spiro atoms. The van der Waals surface area contributed by atoms with Crippen molar-refractivity contribution in [1.29, 1.82) is 0 Å². The summed E-state index contributed by atoms with van der Waals surface area (Å²) >= 11 is 1.13. The fourth-order valence-electron chi connectivity index (χ4n) is 2.02. The Morgan fingerprint density at radius 2 is 2.12 bits per heavy atom. The average molecular weight is 352 g/mol. The molecule has 2 heterocycles. The second-order valence-corrected chi connectivity index (χ2v) is 5.61. The highest BCUT2D eigenvalue weighted by Crippen LogP contribution is 2.28. The van der Waals surface area contributed by atoms with Gasteiger partial charge in [-0.1, -0.05) is 11.8 Å². The Balaban J connectivity index is 2.19. The molecule has 0 radical (unpaired) electrons. The number of esters is 1. The van der Waals surface area contributed by atoms with Crippen molar-refractivity contribution < 1.29 is 23.5 Å². The van der Waals surface area contributed by atoms with Gasteiger partial charge in [-0.15, -0.1) is 0 Å². The Bertz CT molecular complexity index is 754. The number of rotatable bonds is 7. The van der Waals surface area contributed by atoms with Gasteiger partial charge in [0.15, 0.2) is 10.9 Å². The predicted octanol–water partition coefficient (Wildman–Crippen LogP) is 1.82. The number of aromatic amines is 1. The number of aryl methyl sites for hydroxylation is 1. The van der Waals surface area contributed by atoms with Crippen LogP contribution in [0.25, 0.3) is 0 Å². The molecule has 0 aliphatic rings. The lowest BCUT2D eigenvalue weighted by Gasteiger charge is -2.05. The van der Waals surface area contributed by atoms with Gasteiger partial charge in [-0.3, -0.25) is 20.0 Å². The Morgan fingerprint density at radius 1 is 1.38 bits per heavy atom. The third-order valence-corrected chi connectivity index (χ3v) is 3.78. The highest BCUT2D eigenvalue weighted by atomic mass is 32.2. The van der Waals surface area contributed by atoms with Crippen molar-refractivity contribution in [2.75, 3.05) is 17.7 Å². The zero-order valence-corrected chi connectivity index (χ0v) is 14.2. The molecule has 2 aromatic rings. The molecule has 0 saturated carbocycles. The van der Waals surface area contributed by atoms with E-state index in [1.54, 1.807) is 13.8 Å². The van der Waals surface area contributed by atoms with E-state index in [9.17, 15) is 14.4 Å². The summed E-state index contributed by atoms with van der Waals surface area (Å²) < 4.78 is 10.3. The molecule has 2 aromatic heterocycles. The van der Waals surface area contributed by atoms with Crippen LogP contribution < -0.4 is 5.32 Å². The SMILES string of the molecule is CCOC(=O)c1c(NC(=O)CSc2ncn[nH]2)oc(C)c1C(C)=O. The number of Topliss-reactive ketones (excluding diaryl/α,β-unsaturated/α-hetero) is 1. The van der Waals surface area contributed by atoms with Gasteiger partial charge in [0.1, 0.15) is 17.7 Å². The molecule has 24 heavy (non-hydrogen) atoms. The van der Waals surface area contributed by atoms with Gasteiger partial charge in [-0.05, 0) is 20.8 Å². The van der Waals surface area contributed by atoms with E-state index in [0.29, 0.717) is 5.16 Å². The summed E-state index contributed by atoms with van der Waals surface area (Å²) in [6.45, 7) is 4.63. The van der Waals surface area contributed by atoms with Crippen molar-refractivity contribution in [3.05, 3.63) is 23.2 Å². The Kier molecular flexibility index (Phi) is 5.74. The molecular weight excluding hydrogens is 336 g/mol. The fraction of sp³-hybridized carbons (Fsp3) is 0.357. The van der Waals surface area contributed by atoms with E-state index in [1.165, 1.54) is 13.3 Å². The minimum atomic E-state index is -0.724. The molecule has 0 aromatic carbocycles. The van der Waals surface area contributed by atoms with Gasteiger partial charge in [0.25, 0.3) is 0 Å². The molecule has 0 atom stereocenters. The van der Waals surface area contributed by atoms with E-state index in [-0.39, 0.29) is 40.9 Å². The second kappa shape index (κ2) is 7.77. The van der Waals surface area contributed by atoms with Crippen LogP contribution in [-0.2, 0) is 9.53 Å². The standard InChI is InChI=1S/C14H16N4O5S/c1-4-22-13(21)11-10(7(2)19)8(3)23-12(11)17-9(20)5-24-14-15-6-16-18-14/h6H,4-5H2,1-3H3,(H,17,20)(H,15,16,18). The van der Waals surface area contributed by atoms with E-state index >= 15 is 0 Å². The Labute approximate surface area is 141 Å². The number of nitrogens with one attached hydrogen (secondary N) is 2. The zero-order chi connectivity index (χ0) is 17.7. The number of aromatic nitrogens is 3. The number of ketones is 1. The summed E-state index contributed by atoms with van der Waals surface area (Å²) in [5, 5.41) is 9.25. The van der Waals surface area contributed by atoms with Gasteiger partial charge >= 0.3 is 5.97 Å². The third kappa shape index (κ3) is 4.02. The summed E-state index contributed by atoms with van der Waals surface area (Å²) in [6, 6.07) is 0. The largest absolute Gasteiger partial charge is 0.462 e. The van der Waals surface area contributed by atoms with E-state index in [2.05, 4.69) is 20.5 Å². The smallest absolute Gasteiger partial charge is 0.344 e. The van der Waals surface area contributed by atoms with E-state index in [4.69, 9.17) is 9.15 Å². The monoisotopic (exact) mass is 352 g/mol. The molecule has 128 valence electrons. The molecule has 2 N–H and O–H groups in total. The number of nitrogens with zero attached hydrogens (tertiary/aromatic N) is 2. The average Bonchev–Trinajstić information content (AvgIpc) is 3.12. The van der Waals surface area contributed by atoms with Crippen LogP contribution in [-0.4, -0.2) is 45.2 Å². The number of furan rings is 1. The van der Waals surface area contributed by atoms with Gasteiger partial charge < -0.3 is 9.15 Å². The number of hydrogen-bond acceptors (Lipinski definition) is 8. The molecular formula is C14H16N4O5S. The number of H-pyrrole nitrogens is 1. The zero-order valence-electron chi connectivity index (χ0n) is 13.3. The van der Waals surface area contributed by atoms with Crippen LogP contribution in [0, 0.1) is 6.92 Å². The van der Waals surface area contributed by atoms with Crippen molar-refractivity contribution >= 4 is 35.3 Å². The normalized spacial score (nSPS) is 10.5. The first kappa shape index (κ1) is 17.7. The quantitative estimate of drug-likeness (QED) is 0.439. The molecule has 0 aliphatic carbocycles. The maximum Gasteiger partial charge on any atom is 0.344 e. The maximum absolute atomic E-state index is 12.1. The molecule has 0 fully saturated rings. The fourth-order valence-corrected chi connectivity index (χ4v) is 2.59. The van der Waals surface area contributed by atoms with E-state index in [0.717, 1.165) is 11.8 Å². The van der Waals surface area contributed by atoms with E-state index in [1.807, 2.05) is 0 Å². The first-order valence-corrected chi connectivity index (χ1v) is 8.02. The van der Waals surface area contributed by atoms with Crippen LogP contribution in [0.4, 0.5) is 5.88 Å². The van der Waals surface area contributed by atoms with Crippen molar-refractivity contribution in [2.45, 2.75) is 25.9 Å². The van der Waals surface area contributed by atoms with Crippen LogP contribution in [0.5, 0.6) is 0 Å². The number of anilines is 1. The lowest BCUT2D eigenvalue weighted by atomic mass is 10.1. The third-order valence-electron chi connectivity index (χ3n) is 2.90. The number of thioether (sulfide) groups is 1. The van der Waals surface area contributed by atoms with Crippen LogP contribution in [0.1, 0.15) is 40.3 Å². The highest BCUT2D eigenvalue weighted by Gasteiger charge is 2.28. The number of carbonyl (C=O) groups excluding carboxylic acids is 3. The summed E-state index contributed by atoms with van der Waals surface area (Å²) in [5.74, 6) is -1.34. The van der Waals surface area contributed by atoms with E-state index < -0.39 is 11.9 Å². The minimum Gasteiger partial charge on any atom is -0.462 e. The number of carbonyl (C=O) groups is 3. The maximum atomic E-state index is 12.1. The van der Waals surface area contributed by atoms with Gasteiger partial charge in [-0.2, -0.15) is 5.10 Å². The molecule has 10 heteroatoms. The summed E-state index contributed by atoms with van der Waals surface area (Å²) in [7, 11) is 0.